The van der Waals surface area contributed by atoms with Gasteiger partial charge in [-0.25, -0.2) is 0 Å². The Hall–Kier alpha value is -3.62. The fourth-order valence-corrected chi connectivity index (χ4v) is 3.09. The Labute approximate surface area is 193 Å². The second kappa shape index (κ2) is 10.6. The number of carbonyl (C=O) groups excluding carboxylic acids is 3. The summed E-state index contributed by atoms with van der Waals surface area (Å²) in [5, 5.41) is 8.39. The van der Waals surface area contributed by atoms with Gasteiger partial charge in [-0.2, -0.15) is 0 Å². The predicted molar refractivity (Wildman–Crippen MR) is 122 cm³/mol. The van der Waals surface area contributed by atoms with E-state index in [9.17, 15) is 14.4 Å². The van der Waals surface area contributed by atoms with Crippen LogP contribution in [0.25, 0.3) is 0 Å². The Bertz CT molecular complexity index is 1170. The molecule has 0 spiro atoms. The lowest BCUT2D eigenvalue weighted by molar-refractivity contribution is -0.123. The number of amides is 3. The lowest BCUT2D eigenvalue weighted by Crippen LogP contribution is -2.21. The highest BCUT2D eigenvalue weighted by Gasteiger charge is 2.13. The fourth-order valence-electron chi connectivity index (χ4n) is 2.64. The molecule has 0 fully saturated rings. The number of nitrogens with zero attached hydrogens (tertiary/aromatic N) is 1. The number of hydrogen-bond donors (Lipinski definition) is 3. The minimum Gasteiger partial charge on any atom is -0.457 e. The lowest BCUT2D eigenvalue weighted by Gasteiger charge is -2.10. The summed E-state index contributed by atoms with van der Waals surface area (Å²) in [6.07, 6.45) is 1.04. The van der Waals surface area contributed by atoms with Gasteiger partial charge < -0.3 is 20.7 Å². The fraction of sp³-hybridized carbons (Fsp3) is 0.0909. The Morgan fingerprint density at radius 3 is 2.44 bits per heavy atom. The molecular formula is C22H18Cl2N4O4. The van der Waals surface area contributed by atoms with Crippen molar-refractivity contribution in [2.24, 2.45) is 0 Å². The number of ether oxygens (including phenoxy) is 1. The summed E-state index contributed by atoms with van der Waals surface area (Å²) in [6.45, 7) is 0. The molecule has 32 heavy (non-hydrogen) atoms. The molecule has 0 aliphatic heterocycles. The molecule has 0 radical (unpaired) electrons. The number of nitrogens with one attached hydrogen (secondary N) is 3. The molecule has 0 unspecified atom stereocenters. The van der Waals surface area contributed by atoms with E-state index in [4.69, 9.17) is 27.9 Å². The van der Waals surface area contributed by atoms with Gasteiger partial charge in [-0.15, -0.1) is 0 Å². The number of carbonyl (C=O) groups is 3. The van der Waals surface area contributed by atoms with E-state index >= 15 is 0 Å². The SMILES string of the molecule is CNC(=O)c1cc(Oc2cccc(NC(=O)CC(=O)Nc3ccc(Cl)cc3Cl)c2)ccn1. The van der Waals surface area contributed by atoms with Gasteiger partial charge in [-0.3, -0.25) is 19.4 Å². The van der Waals surface area contributed by atoms with Crippen LogP contribution in [-0.4, -0.2) is 29.8 Å². The molecule has 1 heterocycles. The van der Waals surface area contributed by atoms with Crippen LogP contribution in [0.2, 0.25) is 10.0 Å². The van der Waals surface area contributed by atoms with Crippen LogP contribution in [-0.2, 0) is 9.59 Å². The van der Waals surface area contributed by atoms with Crippen LogP contribution in [0.1, 0.15) is 16.9 Å². The van der Waals surface area contributed by atoms with Gasteiger partial charge in [0.2, 0.25) is 11.8 Å². The van der Waals surface area contributed by atoms with Gasteiger partial charge in [-0.05, 0) is 36.4 Å². The van der Waals surface area contributed by atoms with E-state index in [2.05, 4.69) is 20.9 Å². The minimum atomic E-state index is -0.530. The number of halogens is 2. The number of aromatic nitrogens is 1. The number of rotatable bonds is 7. The maximum atomic E-state index is 12.3. The second-order valence-electron chi connectivity index (χ2n) is 6.48. The summed E-state index contributed by atoms with van der Waals surface area (Å²) in [6, 6.07) is 14.3. The topological polar surface area (TPSA) is 109 Å². The molecule has 3 amide bonds. The lowest BCUT2D eigenvalue weighted by atomic mass is 10.2. The Morgan fingerprint density at radius 1 is 0.938 bits per heavy atom. The third kappa shape index (κ3) is 6.44. The zero-order valence-electron chi connectivity index (χ0n) is 16.8. The molecule has 0 saturated carbocycles. The standard InChI is InChI=1S/C22H18Cl2N4O4/c1-25-22(31)19-11-16(7-8-26-19)32-15-4-2-3-14(10-15)27-20(29)12-21(30)28-18-6-5-13(23)9-17(18)24/h2-11H,12H2,1H3,(H,25,31)(H,27,29)(H,28,30). The maximum absolute atomic E-state index is 12.3. The third-order valence-corrected chi connectivity index (χ3v) is 4.62. The molecule has 0 aliphatic rings. The van der Waals surface area contributed by atoms with Gasteiger partial charge in [0, 0.05) is 36.1 Å². The Morgan fingerprint density at radius 2 is 1.69 bits per heavy atom. The van der Waals surface area contributed by atoms with Crippen molar-refractivity contribution in [1.82, 2.24) is 10.3 Å². The van der Waals surface area contributed by atoms with Gasteiger partial charge in [0.25, 0.3) is 5.91 Å². The summed E-state index contributed by atoms with van der Waals surface area (Å²) in [4.78, 5) is 40.1. The maximum Gasteiger partial charge on any atom is 0.269 e. The van der Waals surface area contributed by atoms with E-state index in [1.807, 2.05) is 0 Å². The minimum absolute atomic E-state index is 0.210. The average molecular weight is 473 g/mol. The summed E-state index contributed by atoms with van der Waals surface area (Å²) >= 11 is 11.8. The second-order valence-corrected chi connectivity index (χ2v) is 7.33. The van der Waals surface area contributed by atoms with Gasteiger partial charge in [0.1, 0.15) is 23.6 Å². The number of pyridine rings is 1. The van der Waals surface area contributed by atoms with Crippen LogP contribution >= 0.6 is 23.2 Å². The first-order valence-corrected chi connectivity index (χ1v) is 10.1. The molecule has 2 aromatic carbocycles. The van der Waals surface area contributed by atoms with Crippen molar-refractivity contribution in [3.05, 3.63) is 76.5 Å². The quantitative estimate of drug-likeness (QED) is 0.438. The van der Waals surface area contributed by atoms with Gasteiger partial charge in [-0.1, -0.05) is 29.3 Å². The molecule has 0 saturated heterocycles. The molecular weight excluding hydrogens is 455 g/mol. The van der Waals surface area contributed by atoms with Crippen LogP contribution in [0.5, 0.6) is 11.5 Å². The van der Waals surface area contributed by atoms with Crippen LogP contribution in [0.3, 0.4) is 0 Å². The van der Waals surface area contributed by atoms with Crippen molar-refractivity contribution >= 4 is 52.3 Å². The molecule has 164 valence electrons. The predicted octanol–water partition coefficient (Wildman–Crippen LogP) is 4.51. The van der Waals surface area contributed by atoms with E-state index in [1.165, 1.54) is 25.4 Å². The first kappa shape index (κ1) is 23.1. The third-order valence-electron chi connectivity index (χ3n) is 4.07. The first-order chi connectivity index (χ1) is 15.3. The van der Waals surface area contributed by atoms with E-state index in [1.54, 1.807) is 42.5 Å². The molecule has 1 aromatic heterocycles. The van der Waals surface area contributed by atoms with Crippen molar-refractivity contribution in [1.29, 1.82) is 0 Å². The highest BCUT2D eigenvalue weighted by atomic mass is 35.5. The van der Waals surface area contributed by atoms with E-state index in [0.717, 1.165) is 0 Å². The van der Waals surface area contributed by atoms with Crippen LogP contribution < -0.4 is 20.7 Å². The van der Waals surface area contributed by atoms with Gasteiger partial charge >= 0.3 is 0 Å². The van der Waals surface area contributed by atoms with Crippen LogP contribution in [0.4, 0.5) is 11.4 Å². The summed E-state index contributed by atoms with van der Waals surface area (Å²) < 4.78 is 5.74. The zero-order valence-corrected chi connectivity index (χ0v) is 18.3. The van der Waals surface area contributed by atoms with Crippen molar-refractivity contribution in [3.63, 3.8) is 0 Å². The first-order valence-electron chi connectivity index (χ1n) is 9.35. The smallest absolute Gasteiger partial charge is 0.269 e. The summed E-state index contributed by atoms with van der Waals surface area (Å²) in [7, 11) is 1.51. The summed E-state index contributed by atoms with van der Waals surface area (Å²) in [5.74, 6) is -0.557. The average Bonchev–Trinajstić information content (AvgIpc) is 2.75. The van der Waals surface area contributed by atoms with Crippen molar-refractivity contribution in [2.75, 3.05) is 17.7 Å². The molecule has 3 N–H and O–H groups in total. The molecule has 3 rings (SSSR count). The summed E-state index contributed by atoms with van der Waals surface area (Å²) in [5.41, 5.74) is 1.00. The van der Waals surface area contributed by atoms with Crippen LogP contribution in [0.15, 0.2) is 60.8 Å². The largest absolute Gasteiger partial charge is 0.457 e. The zero-order chi connectivity index (χ0) is 23.1. The molecule has 3 aromatic rings. The highest BCUT2D eigenvalue weighted by molar-refractivity contribution is 6.36. The number of hydrogen-bond acceptors (Lipinski definition) is 5. The number of benzene rings is 2. The molecule has 8 nitrogen and oxygen atoms in total. The Kier molecular flexibility index (Phi) is 7.64. The number of anilines is 2. The van der Waals surface area contributed by atoms with E-state index < -0.39 is 18.2 Å². The van der Waals surface area contributed by atoms with E-state index in [0.29, 0.717) is 27.9 Å². The molecule has 0 bridgehead atoms. The van der Waals surface area contributed by atoms with Crippen molar-refractivity contribution in [3.8, 4) is 11.5 Å². The molecule has 10 heteroatoms. The van der Waals surface area contributed by atoms with Crippen molar-refractivity contribution < 1.29 is 19.1 Å². The molecule has 0 atom stereocenters. The van der Waals surface area contributed by atoms with E-state index in [-0.39, 0.29) is 16.6 Å². The highest BCUT2D eigenvalue weighted by Crippen LogP contribution is 2.26. The van der Waals surface area contributed by atoms with Crippen molar-refractivity contribution in [2.45, 2.75) is 6.42 Å². The normalized spacial score (nSPS) is 10.2. The Balaban J connectivity index is 1.60. The van der Waals surface area contributed by atoms with Gasteiger partial charge in [0.05, 0.1) is 10.7 Å². The monoisotopic (exact) mass is 472 g/mol. The molecule has 0 aliphatic carbocycles. The van der Waals surface area contributed by atoms with Gasteiger partial charge in [0.15, 0.2) is 0 Å². The van der Waals surface area contributed by atoms with Crippen LogP contribution in [0, 0.1) is 0 Å².